The van der Waals surface area contributed by atoms with Gasteiger partial charge in [-0.2, -0.15) is 4.98 Å². The van der Waals surface area contributed by atoms with Gasteiger partial charge in [0.15, 0.2) is 5.75 Å². The molecule has 1 aromatic carbocycles. The van der Waals surface area contributed by atoms with Gasteiger partial charge in [-0.1, -0.05) is 30.5 Å². The standard InChI is InChI=1S/C13H15ClN4O/c1-3-10-11(4-2)17-18-13(16-10)19-12-7-8(15)5-6-9(12)14/h5-7H,3-4,15H2,1-2H3. The van der Waals surface area contributed by atoms with Crippen LogP contribution in [0.4, 0.5) is 5.69 Å². The summed E-state index contributed by atoms with van der Waals surface area (Å²) in [6, 6.07) is 5.18. The normalized spacial score (nSPS) is 10.5. The van der Waals surface area contributed by atoms with E-state index in [9.17, 15) is 0 Å². The van der Waals surface area contributed by atoms with E-state index < -0.39 is 0 Å². The van der Waals surface area contributed by atoms with Crippen LogP contribution in [-0.4, -0.2) is 15.2 Å². The van der Waals surface area contributed by atoms with Crippen molar-refractivity contribution in [2.45, 2.75) is 26.7 Å². The molecule has 0 aliphatic heterocycles. The highest BCUT2D eigenvalue weighted by atomic mass is 35.5. The van der Waals surface area contributed by atoms with Crippen molar-refractivity contribution in [3.8, 4) is 11.8 Å². The molecule has 6 heteroatoms. The largest absolute Gasteiger partial charge is 0.422 e. The lowest BCUT2D eigenvalue weighted by molar-refractivity contribution is 0.429. The first kappa shape index (κ1) is 13.5. The Balaban J connectivity index is 2.30. The lowest BCUT2D eigenvalue weighted by Crippen LogP contribution is -2.04. The molecule has 0 saturated carbocycles. The zero-order chi connectivity index (χ0) is 13.8. The Morgan fingerprint density at radius 1 is 1.16 bits per heavy atom. The van der Waals surface area contributed by atoms with Crippen molar-refractivity contribution in [1.82, 2.24) is 15.2 Å². The van der Waals surface area contributed by atoms with Gasteiger partial charge in [0.05, 0.1) is 16.4 Å². The number of nitrogens with two attached hydrogens (primary N) is 1. The fourth-order valence-corrected chi connectivity index (χ4v) is 1.82. The van der Waals surface area contributed by atoms with Crippen LogP contribution in [-0.2, 0) is 12.8 Å². The van der Waals surface area contributed by atoms with Gasteiger partial charge in [0, 0.05) is 11.8 Å². The number of nitrogens with zero attached hydrogens (tertiary/aromatic N) is 3. The predicted octanol–water partition coefficient (Wildman–Crippen LogP) is 3.02. The van der Waals surface area contributed by atoms with E-state index in [0.29, 0.717) is 16.5 Å². The van der Waals surface area contributed by atoms with Crippen molar-refractivity contribution in [2.24, 2.45) is 0 Å². The molecule has 0 amide bonds. The van der Waals surface area contributed by atoms with E-state index in [4.69, 9.17) is 22.1 Å². The molecular formula is C13H15ClN4O. The number of nitrogen functional groups attached to an aromatic ring is 1. The minimum Gasteiger partial charge on any atom is -0.422 e. The maximum absolute atomic E-state index is 6.02. The summed E-state index contributed by atoms with van der Waals surface area (Å²) >= 11 is 6.02. The van der Waals surface area contributed by atoms with E-state index in [1.165, 1.54) is 0 Å². The van der Waals surface area contributed by atoms with Crippen molar-refractivity contribution < 1.29 is 4.74 Å². The van der Waals surface area contributed by atoms with Crippen LogP contribution in [0.3, 0.4) is 0 Å². The van der Waals surface area contributed by atoms with E-state index in [1.807, 2.05) is 13.8 Å². The number of ether oxygens (including phenoxy) is 1. The summed E-state index contributed by atoms with van der Waals surface area (Å²) < 4.78 is 5.54. The first-order valence-corrected chi connectivity index (χ1v) is 6.47. The molecule has 1 aromatic heterocycles. The van der Waals surface area contributed by atoms with Crippen molar-refractivity contribution in [2.75, 3.05) is 5.73 Å². The third-order valence-electron chi connectivity index (χ3n) is 2.65. The smallest absolute Gasteiger partial charge is 0.341 e. The van der Waals surface area contributed by atoms with Gasteiger partial charge in [-0.05, 0) is 25.0 Å². The van der Waals surface area contributed by atoms with Crippen LogP contribution in [0.2, 0.25) is 5.02 Å². The van der Waals surface area contributed by atoms with Crippen molar-refractivity contribution in [3.63, 3.8) is 0 Å². The summed E-state index contributed by atoms with van der Waals surface area (Å²) in [6.45, 7) is 4.03. The molecule has 0 bridgehead atoms. The first-order valence-electron chi connectivity index (χ1n) is 6.09. The Kier molecular flexibility index (Phi) is 4.16. The van der Waals surface area contributed by atoms with E-state index >= 15 is 0 Å². The molecule has 0 spiro atoms. The molecule has 5 nitrogen and oxygen atoms in total. The van der Waals surface area contributed by atoms with E-state index in [2.05, 4.69) is 15.2 Å². The number of anilines is 1. The van der Waals surface area contributed by atoms with E-state index in [-0.39, 0.29) is 6.01 Å². The molecule has 0 unspecified atom stereocenters. The molecular weight excluding hydrogens is 264 g/mol. The third-order valence-corrected chi connectivity index (χ3v) is 2.96. The molecule has 0 fully saturated rings. The Labute approximate surface area is 116 Å². The van der Waals surface area contributed by atoms with Crippen LogP contribution in [0.5, 0.6) is 11.8 Å². The van der Waals surface area contributed by atoms with E-state index in [0.717, 1.165) is 24.2 Å². The van der Waals surface area contributed by atoms with Crippen LogP contribution in [0.15, 0.2) is 18.2 Å². The number of hydrogen-bond acceptors (Lipinski definition) is 5. The lowest BCUT2D eigenvalue weighted by Gasteiger charge is -2.08. The van der Waals surface area contributed by atoms with Crippen molar-refractivity contribution in [3.05, 3.63) is 34.6 Å². The third kappa shape index (κ3) is 3.12. The Hall–Kier alpha value is -1.88. The average molecular weight is 279 g/mol. The molecule has 19 heavy (non-hydrogen) atoms. The fourth-order valence-electron chi connectivity index (χ4n) is 1.66. The zero-order valence-electron chi connectivity index (χ0n) is 10.9. The number of rotatable bonds is 4. The Morgan fingerprint density at radius 2 is 1.89 bits per heavy atom. The molecule has 0 aliphatic rings. The van der Waals surface area contributed by atoms with Gasteiger partial charge in [0.25, 0.3) is 0 Å². The van der Waals surface area contributed by atoms with Crippen molar-refractivity contribution in [1.29, 1.82) is 0 Å². The number of halogens is 1. The minimum absolute atomic E-state index is 0.182. The number of hydrogen-bond donors (Lipinski definition) is 1. The van der Waals surface area contributed by atoms with Crippen LogP contribution >= 0.6 is 11.6 Å². The van der Waals surface area contributed by atoms with Gasteiger partial charge in [0.2, 0.25) is 0 Å². The SMILES string of the molecule is CCc1nnc(Oc2cc(N)ccc2Cl)nc1CC. The van der Waals surface area contributed by atoms with Crippen LogP contribution < -0.4 is 10.5 Å². The number of aromatic nitrogens is 3. The molecule has 0 aliphatic carbocycles. The van der Waals surface area contributed by atoms with Crippen LogP contribution in [0, 0.1) is 0 Å². The van der Waals surface area contributed by atoms with Crippen LogP contribution in [0.1, 0.15) is 25.2 Å². The first-order chi connectivity index (χ1) is 9.13. The molecule has 1 heterocycles. The molecule has 0 saturated heterocycles. The maximum atomic E-state index is 6.02. The molecule has 2 rings (SSSR count). The molecule has 2 N–H and O–H groups in total. The monoisotopic (exact) mass is 278 g/mol. The van der Waals surface area contributed by atoms with Crippen LogP contribution in [0.25, 0.3) is 0 Å². The second-order valence-electron chi connectivity index (χ2n) is 3.99. The topological polar surface area (TPSA) is 73.9 Å². The van der Waals surface area contributed by atoms with E-state index in [1.54, 1.807) is 18.2 Å². The van der Waals surface area contributed by atoms with Crippen molar-refractivity contribution >= 4 is 17.3 Å². The summed E-state index contributed by atoms with van der Waals surface area (Å²) in [5, 5.41) is 8.50. The summed E-state index contributed by atoms with van der Waals surface area (Å²) in [4.78, 5) is 4.33. The van der Waals surface area contributed by atoms with Gasteiger partial charge in [-0.3, -0.25) is 0 Å². The summed E-state index contributed by atoms with van der Waals surface area (Å²) in [5.74, 6) is 0.426. The van der Waals surface area contributed by atoms with Gasteiger partial charge < -0.3 is 10.5 Å². The molecule has 2 aromatic rings. The maximum Gasteiger partial charge on any atom is 0.341 e. The second-order valence-corrected chi connectivity index (χ2v) is 4.39. The highest BCUT2D eigenvalue weighted by Gasteiger charge is 2.10. The predicted molar refractivity (Wildman–Crippen MR) is 74.5 cm³/mol. The quantitative estimate of drug-likeness (QED) is 0.870. The van der Waals surface area contributed by atoms with Gasteiger partial charge in [-0.15, -0.1) is 5.10 Å². The molecule has 100 valence electrons. The Bertz CT molecular complexity index is 589. The highest BCUT2D eigenvalue weighted by Crippen LogP contribution is 2.29. The summed E-state index contributed by atoms with van der Waals surface area (Å²) in [6.07, 6.45) is 1.57. The molecule has 0 atom stereocenters. The lowest BCUT2D eigenvalue weighted by atomic mass is 10.2. The molecule has 0 radical (unpaired) electrons. The minimum atomic E-state index is 0.182. The van der Waals surface area contributed by atoms with Gasteiger partial charge in [0.1, 0.15) is 0 Å². The number of benzene rings is 1. The summed E-state index contributed by atoms with van der Waals surface area (Å²) in [5.41, 5.74) is 8.02. The van der Waals surface area contributed by atoms with Gasteiger partial charge in [-0.25, -0.2) is 0 Å². The Morgan fingerprint density at radius 3 is 2.58 bits per heavy atom. The van der Waals surface area contributed by atoms with Gasteiger partial charge >= 0.3 is 6.01 Å². The highest BCUT2D eigenvalue weighted by molar-refractivity contribution is 6.32. The average Bonchev–Trinajstić information content (AvgIpc) is 2.42. The fraction of sp³-hybridized carbons (Fsp3) is 0.308. The number of aryl methyl sites for hydroxylation is 2. The summed E-state index contributed by atoms with van der Waals surface area (Å²) in [7, 11) is 0. The zero-order valence-corrected chi connectivity index (χ0v) is 11.6. The second kappa shape index (κ2) is 5.84.